The molecule has 0 aliphatic heterocycles. The van der Waals surface area contributed by atoms with Gasteiger partial charge in [0.25, 0.3) is 0 Å². The van der Waals surface area contributed by atoms with Gasteiger partial charge in [0, 0.05) is 18.3 Å². The Morgan fingerprint density at radius 3 is 2.84 bits per heavy atom. The maximum absolute atomic E-state index is 10.7. The summed E-state index contributed by atoms with van der Waals surface area (Å²) in [5.41, 5.74) is 1.12. The number of aryl methyl sites for hydroxylation is 2. The SMILES string of the molecule is O=C(O)c1cn(CCn2ccc3ccccc32)nn1. The van der Waals surface area contributed by atoms with Gasteiger partial charge >= 0.3 is 5.97 Å². The van der Waals surface area contributed by atoms with Crippen LogP contribution in [0.4, 0.5) is 0 Å². The van der Waals surface area contributed by atoms with Gasteiger partial charge in [0.05, 0.1) is 12.7 Å². The first-order valence-corrected chi connectivity index (χ1v) is 5.91. The van der Waals surface area contributed by atoms with Crippen LogP contribution < -0.4 is 0 Å². The lowest BCUT2D eigenvalue weighted by atomic mass is 10.2. The molecule has 6 nitrogen and oxygen atoms in total. The van der Waals surface area contributed by atoms with E-state index in [1.54, 1.807) is 0 Å². The third-order valence-corrected chi connectivity index (χ3v) is 3.01. The second-order valence-electron chi connectivity index (χ2n) is 4.24. The molecule has 19 heavy (non-hydrogen) atoms. The van der Waals surface area contributed by atoms with E-state index in [4.69, 9.17) is 5.11 Å². The second-order valence-corrected chi connectivity index (χ2v) is 4.24. The van der Waals surface area contributed by atoms with Crippen molar-refractivity contribution in [3.05, 3.63) is 48.4 Å². The number of carbonyl (C=O) groups is 1. The molecule has 96 valence electrons. The predicted molar refractivity (Wildman–Crippen MR) is 68.9 cm³/mol. The number of aromatic carboxylic acids is 1. The molecule has 0 saturated carbocycles. The molecule has 0 atom stereocenters. The highest BCUT2D eigenvalue weighted by Gasteiger charge is 2.08. The van der Waals surface area contributed by atoms with Gasteiger partial charge < -0.3 is 9.67 Å². The van der Waals surface area contributed by atoms with Crippen LogP contribution in [-0.4, -0.2) is 30.6 Å². The summed E-state index contributed by atoms with van der Waals surface area (Å²) in [4.78, 5) is 10.7. The Labute approximate surface area is 108 Å². The smallest absolute Gasteiger partial charge is 0.358 e. The lowest BCUT2D eigenvalue weighted by Crippen LogP contribution is -2.07. The summed E-state index contributed by atoms with van der Waals surface area (Å²) in [5, 5.41) is 17.3. The Morgan fingerprint density at radius 1 is 1.21 bits per heavy atom. The quantitative estimate of drug-likeness (QED) is 0.770. The maximum Gasteiger partial charge on any atom is 0.358 e. The lowest BCUT2D eigenvalue weighted by molar-refractivity contribution is 0.0690. The van der Waals surface area contributed by atoms with Gasteiger partial charge in [-0.05, 0) is 17.5 Å². The number of rotatable bonds is 4. The van der Waals surface area contributed by atoms with Crippen molar-refractivity contribution in [1.29, 1.82) is 0 Å². The van der Waals surface area contributed by atoms with Crippen molar-refractivity contribution in [3.63, 3.8) is 0 Å². The number of hydrogen-bond acceptors (Lipinski definition) is 3. The number of fused-ring (bicyclic) bond motifs is 1. The minimum Gasteiger partial charge on any atom is -0.476 e. The summed E-state index contributed by atoms with van der Waals surface area (Å²) in [6.45, 7) is 1.30. The summed E-state index contributed by atoms with van der Waals surface area (Å²) >= 11 is 0. The van der Waals surface area contributed by atoms with Crippen LogP contribution in [0.25, 0.3) is 10.9 Å². The van der Waals surface area contributed by atoms with Crippen molar-refractivity contribution in [1.82, 2.24) is 19.6 Å². The molecule has 0 unspecified atom stereocenters. The largest absolute Gasteiger partial charge is 0.476 e. The van der Waals surface area contributed by atoms with Crippen LogP contribution in [0, 0.1) is 0 Å². The van der Waals surface area contributed by atoms with Crippen LogP contribution in [-0.2, 0) is 13.1 Å². The van der Waals surface area contributed by atoms with E-state index >= 15 is 0 Å². The first-order valence-electron chi connectivity index (χ1n) is 5.91. The highest BCUT2D eigenvalue weighted by atomic mass is 16.4. The number of benzene rings is 1. The molecule has 0 saturated heterocycles. The molecule has 1 aromatic carbocycles. The zero-order valence-electron chi connectivity index (χ0n) is 10.1. The Hall–Kier alpha value is -2.63. The molecule has 1 N–H and O–H groups in total. The van der Waals surface area contributed by atoms with E-state index in [0.717, 1.165) is 12.1 Å². The average molecular weight is 256 g/mol. The molecule has 0 fully saturated rings. The first-order chi connectivity index (χ1) is 9.24. The van der Waals surface area contributed by atoms with E-state index < -0.39 is 5.97 Å². The van der Waals surface area contributed by atoms with E-state index in [9.17, 15) is 4.79 Å². The molecule has 3 rings (SSSR count). The van der Waals surface area contributed by atoms with E-state index in [1.807, 2.05) is 18.3 Å². The maximum atomic E-state index is 10.7. The van der Waals surface area contributed by atoms with E-state index in [2.05, 4.69) is 33.1 Å². The van der Waals surface area contributed by atoms with Crippen molar-refractivity contribution >= 4 is 16.9 Å². The third kappa shape index (κ3) is 2.20. The summed E-state index contributed by atoms with van der Waals surface area (Å²) in [7, 11) is 0. The van der Waals surface area contributed by atoms with Gasteiger partial charge in [-0.15, -0.1) is 5.10 Å². The summed E-state index contributed by atoms with van der Waals surface area (Å²) in [6.07, 6.45) is 3.45. The molecule has 0 aliphatic carbocycles. The third-order valence-electron chi connectivity index (χ3n) is 3.01. The van der Waals surface area contributed by atoms with Gasteiger partial charge in [0.2, 0.25) is 0 Å². The zero-order chi connectivity index (χ0) is 13.2. The van der Waals surface area contributed by atoms with E-state index in [0.29, 0.717) is 6.54 Å². The van der Waals surface area contributed by atoms with Crippen molar-refractivity contribution in [2.75, 3.05) is 0 Å². The first kappa shape index (κ1) is 11.5. The molecule has 2 aromatic heterocycles. The summed E-state index contributed by atoms with van der Waals surface area (Å²) in [6, 6.07) is 10.2. The van der Waals surface area contributed by atoms with Crippen molar-refractivity contribution in [2.24, 2.45) is 0 Å². The average Bonchev–Trinajstić information content (AvgIpc) is 3.03. The fourth-order valence-corrected chi connectivity index (χ4v) is 2.05. The van der Waals surface area contributed by atoms with Gasteiger partial charge in [-0.25, -0.2) is 9.48 Å². The van der Waals surface area contributed by atoms with Gasteiger partial charge in [-0.3, -0.25) is 0 Å². The van der Waals surface area contributed by atoms with Gasteiger partial charge in [-0.1, -0.05) is 23.4 Å². The zero-order valence-corrected chi connectivity index (χ0v) is 10.1. The normalized spacial score (nSPS) is 10.9. The molecule has 0 radical (unpaired) electrons. The molecule has 0 aliphatic rings. The number of hydrogen-bond donors (Lipinski definition) is 1. The molecule has 6 heteroatoms. The standard InChI is InChI=1S/C13H12N4O2/c18-13(19)11-9-17(15-14-11)8-7-16-6-5-10-3-1-2-4-12(10)16/h1-6,9H,7-8H2,(H,18,19). The van der Waals surface area contributed by atoms with Crippen LogP contribution >= 0.6 is 0 Å². The van der Waals surface area contributed by atoms with Crippen LogP contribution in [0.5, 0.6) is 0 Å². The van der Waals surface area contributed by atoms with Crippen LogP contribution in [0.15, 0.2) is 42.7 Å². The Balaban J connectivity index is 1.76. The molecule has 0 spiro atoms. The summed E-state index contributed by atoms with van der Waals surface area (Å²) in [5.74, 6) is -1.06. The highest BCUT2D eigenvalue weighted by molar-refractivity contribution is 5.84. The monoisotopic (exact) mass is 256 g/mol. The topological polar surface area (TPSA) is 72.9 Å². The second kappa shape index (κ2) is 4.56. The van der Waals surface area contributed by atoms with E-state index in [1.165, 1.54) is 16.3 Å². The van der Waals surface area contributed by atoms with Crippen molar-refractivity contribution < 1.29 is 9.90 Å². The molecule has 0 amide bonds. The molecule has 0 bridgehead atoms. The Morgan fingerprint density at radius 2 is 2.05 bits per heavy atom. The molecule has 3 aromatic rings. The molecular formula is C13H12N4O2. The number of aromatic nitrogens is 4. The van der Waals surface area contributed by atoms with Crippen molar-refractivity contribution in [3.8, 4) is 0 Å². The lowest BCUT2D eigenvalue weighted by Gasteiger charge is -2.04. The predicted octanol–water partition coefficient (Wildman–Crippen LogP) is 1.63. The Kier molecular flexibility index (Phi) is 2.75. The van der Waals surface area contributed by atoms with Gasteiger partial charge in [0.15, 0.2) is 5.69 Å². The fraction of sp³-hybridized carbons (Fsp3) is 0.154. The fourth-order valence-electron chi connectivity index (χ4n) is 2.05. The Bertz CT molecular complexity index is 729. The van der Waals surface area contributed by atoms with Crippen molar-refractivity contribution in [2.45, 2.75) is 13.1 Å². The number of para-hydroxylation sites is 1. The minimum atomic E-state index is -1.06. The van der Waals surface area contributed by atoms with Crippen LogP contribution in [0.2, 0.25) is 0 Å². The number of nitrogens with zero attached hydrogens (tertiary/aromatic N) is 4. The van der Waals surface area contributed by atoms with Crippen LogP contribution in [0.3, 0.4) is 0 Å². The molecule has 2 heterocycles. The van der Waals surface area contributed by atoms with E-state index in [-0.39, 0.29) is 5.69 Å². The van der Waals surface area contributed by atoms with Crippen LogP contribution in [0.1, 0.15) is 10.5 Å². The minimum absolute atomic E-state index is 0.0302. The number of carboxylic acids is 1. The van der Waals surface area contributed by atoms with Gasteiger partial charge in [-0.2, -0.15) is 0 Å². The highest BCUT2D eigenvalue weighted by Crippen LogP contribution is 2.14. The number of carboxylic acid groups (broad SMARTS) is 1. The summed E-state index contributed by atoms with van der Waals surface area (Å²) < 4.78 is 3.65. The van der Waals surface area contributed by atoms with Gasteiger partial charge in [0.1, 0.15) is 0 Å². The molecular weight excluding hydrogens is 244 g/mol.